The summed E-state index contributed by atoms with van der Waals surface area (Å²) in [5, 5.41) is 45.8. The summed E-state index contributed by atoms with van der Waals surface area (Å²) in [6, 6.07) is 9.43. The first-order valence-electron chi connectivity index (χ1n) is 25.7. The number of esters is 2. The highest BCUT2D eigenvalue weighted by Gasteiger charge is 2.75. The Morgan fingerprint density at radius 3 is 2.00 bits per heavy atom. The molecule has 0 amide bonds. The smallest absolute Gasteiger partial charge is 0.331 e. The van der Waals surface area contributed by atoms with Crippen LogP contribution in [0.25, 0.3) is 6.08 Å². The SMILES string of the molecule is CO[C@H]1[C@@H](O)[C@H](O[C@H]2[C@@H](OC)C[C@H](O[C@H]3[C@@H](OC)C[C@H](O[C@H]4CC[C@@]5(C)C(CCC6C5C(OC(C)=O)[C@@H](OC(=O)/C=C/c5ccccc5)[C@]5(C)[C@@H]([C@@H](C)O)CC[C@]65O)C4)O[C@@H]3C)O[C@@H]2C)O[C@H](C)[C@H]1O. The lowest BCUT2D eigenvalue weighted by Crippen LogP contribution is -2.73. The van der Waals surface area contributed by atoms with Crippen LogP contribution in [0.4, 0.5) is 0 Å². The molecule has 0 aromatic heterocycles. The zero-order valence-corrected chi connectivity index (χ0v) is 42.6. The van der Waals surface area contributed by atoms with E-state index in [1.165, 1.54) is 20.1 Å². The lowest BCUT2D eigenvalue weighted by Gasteiger charge is -2.67. The second-order valence-corrected chi connectivity index (χ2v) is 21.9. The Morgan fingerprint density at radius 2 is 1.39 bits per heavy atom. The summed E-state index contributed by atoms with van der Waals surface area (Å²) in [7, 11) is 4.65. The molecule has 7 aliphatic rings. The maximum Gasteiger partial charge on any atom is 0.331 e. The number of aliphatic hydroxyl groups is 4. The summed E-state index contributed by atoms with van der Waals surface area (Å²) in [5.74, 6) is -1.97. The Labute approximate surface area is 413 Å². The van der Waals surface area contributed by atoms with Gasteiger partial charge in [0.1, 0.15) is 42.7 Å². The summed E-state index contributed by atoms with van der Waals surface area (Å²) in [4.78, 5) is 27.0. The third kappa shape index (κ3) is 10.0. The predicted octanol–water partition coefficient (Wildman–Crippen LogP) is 4.85. The lowest BCUT2D eigenvalue weighted by molar-refractivity contribution is -0.352. The topological polar surface area (TPSA) is 217 Å². The van der Waals surface area contributed by atoms with Gasteiger partial charge in [0.05, 0.1) is 48.3 Å². The van der Waals surface area contributed by atoms with E-state index >= 15 is 0 Å². The highest BCUT2D eigenvalue weighted by Crippen LogP contribution is 2.70. The number of hydrogen-bond donors (Lipinski definition) is 4. The van der Waals surface area contributed by atoms with Gasteiger partial charge in [0.2, 0.25) is 0 Å². The molecule has 394 valence electrons. The summed E-state index contributed by atoms with van der Waals surface area (Å²) in [6.45, 7) is 12.7. The van der Waals surface area contributed by atoms with Crippen LogP contribution in [0, 0.1) is 34.5 Å². The molecule has 4 aliphatic carbocycles. The summed E-state index contributed by atoms with van der Waals surface area (Å²) in [6.07, 6.45) is -3.53. The van der Waals surface area contributed by atoms with Gasteiger partial charge in [-0.2, -0.15) is 0 Å². The van der Waals surface area contributed by atoms with E-state index < -0.39 is 133 Å². The van der Waals surface area contributed by atoms with Crippen LogP contribution in [-0.2, 0) is 61.7 Å². The normalized spacial score (nSPS) is 47.7. The van der Waals surface area contributed by atoms with Gasteiger partial charge in [-0.3, -0.25) is 4.79 Å². The lowest BCUT2D eigenvalue weighted by atomic mass is 9.41. The number of carbonyl (C=O) groups is 2. The van der Waals surface area contributed by atoms with Crippen LogP contribution in [0.3, 0.4) is 0 Å². The Kier molecular flexibility index (Phi) is 16.6. The maximum absolute atomic E-state index is 13.8. The highest BCUT2D eigenvalue weighted by atomic mass is 16.8. The molecule has 3 heterocycles. The van der Waals surface area contributed by atoms with Crippen LogP contribution in [0.2, 0.25) is 0 Å². The van der Waals surface area contributed by atoms with Crippen molar-refractivity contribution in [3.8, 4) is 0 Å². The van der Waals surface area contributed by atoms with Crippen molar-refractivity contribution in [1.29, 1.82) is 0 Å². The van der Waals surface area contributed by atoms with Gasteiger partial charge in [0.15, 0.2) is 18.9 Å². The minimum atomic E-state index is -1.29. The summed E-state index contributed by atoms with van der Waals surface area (Å²) < 4.78 is 68.6. The number of aliphatic hydroxyl groups excluding tert-OH is 3. The summed E-state index contributed by atoms with van der Waals surface area (Å²) in [5.41, 5.74) is -1.99. The first-order valence-corrected chi connectivity index (χ1v) is 25.7. The standard InChI is InChI=1S/C53H80O17/c1-27(54)35-21-23-53(59)36-18-17-33-24-34(20-22-51(33,6)42(36)47(66-31(5)55)49(52(35,53)7)68-39(56)19-16-32-14-12-11-13-15-32)67-40-25-37(60-8)45(29(3)63-40)69-41-26-38(61-9)46(30(4)64-41)70-50-44(58)48(62-10)43(57)28(2)65-50/h11-16,19,27-30,33-38,40-50,54,57-59H,17-18,20-26H2,1-10H3/b19-16+/t27-,28-,29-,30-,33?,34+,35-,36?,37+,38+,40+,41+,42?,43-,44-,45-,46-,47?,48-,49-,50+,51+,52+,53+/m1/s1. The van der Waals surface area contributed by atoms with Crippen LogP contribution < -0.4 is 0 Å². The van der Waals surface area contributed by atoms with Crippen molar-refractivity contribution in [2.24, 2.45) is 34.5 Å². The maximum atomic E-state index is 13.8. The molecule has 0 bridgehead atoms. The van der Waals surface area contributed by atoms with E-state index in [2.05, 4.69) is 6.92 Å². The van der Waals surface area contributed by atoms with Gasteiger partial charge in [-0.1, -0.05) is 44.2 Å². The molecule has 0 spiro atoms. The molecule has 0 radical (unpaired) electrons. The zero-order chi connectivity index (χ0) is 50.4. The Bertz CT molecular complexity index is 1950. The molecule has 4 unspecified atom stereocenters. The van der Waals surface area contributed by atoms with Crippen LogP contribution in [-0.4, -0.2) is 164 Å². The van der Waals surface area contributed by atoms with Crippen LogP contribution >= 0.6 is 0 Å². The van der Waals surface area contributed by atoms with Crippen molar-refractivity contribution in [2.75, 3.05) is 21.3 Å². The van der Waals surface area contributed by atoms with Crippen molar-refractivity contribution < 1.29 is 82.1 Å². The third-order valence-corrected chi connectivity index (χ3v) is 18.1. The van der Waals surface area contributed by atoms with Crippen molar-refractivity contribution in [1.82, 2.24) is 0 Å². The van der Waals surface area contributed by atoms with E-state index in [0.29, 0.717) is 44.9 Å². The van der Waals surface area contributed by atoms with E-state index in [9.17, 15) is 30.0 Å². The molecular formula is C53H80O17. The van der Waals surface area contributed by atoms with Gasteiger partial charge in [0.25, 0.3) is 0 Å². The summed E-state index contributed by atoms with van der Waals surface area (Å²) >= 11 is 0. The fourth-order valence-electron chi connectivity index (χ4n) is 14.5. The molecule has 3 aliphatic heterocycles. The number of rotatable bonds is 14. The number of benzene rings is 1. The van der Waals surface area contributed by atoms with E-state index in [1.54, 1.807) is 34.1 Å². The predicted molar refractivity (Wildman–Crippen MR) is 251 cm³/mol. The van der Waals surface area contributed by atoms with Gasteiger partial charge in [-0.05, 0) is 107 Å². The zero-order valence-electron chi connectivity index (χ0n) is 42.6. The average molecular weight is 989 g/mol. The van der Waals surface area contributed by atoms with Gasteiger partial charge >= 0.3 is 11.9 Å². The first kappa shape index (κ1) is 53.7. The number of fused-ring (bicyclic) bond motifs is 5. The van der Waals surface area contributed by atoms with Gasteiger partial charge in [-0.25, -0.2) is 4.79 Å². The van der Waals surface area contributed by atoms with Crippen LogP contribution in [0.15, 0.2) is 36.4 Å². The fraction of sp³-hybridized carbons (Fsp3) is 0.811. The van der Waals surface area contributed by atoms with E-state index in [0.717, 1.165) is 18.4 Å². The minimum absolute atomic E-state index is 0.133. The molecule has 1 aromatic carbocycles. The number of ether oxygens (including phenoxy) is 11. The van der Waals surface area contributed by atoms with E-state index in [-0.39, 0.29) is 23.9 Å². The van der Waals surface area contributed by atoms with Crippen molar-refractivity contribution in [2.45, 2.75) is 216 Å². The molecule has 1 aromatic rings. The van der Waals surface area contributed by atoms with Crippen molar-refractivity contribution in [3.05, 3.63) is 42.0 Å². The Hall–Kier alpha value is -2.62. The van der Waals surface area contributed by atoms with Crippen molar-refractivity contribution >= 4 is 18.0 Å². The Balaban J connectivity index is 0.934. The minimum Gasteiger partial charge on any atom is -0.458 e. The quantitative estimate of drug-likeness (QED) is 0.111. The Morgan fingerprint density at radius 1 is 0.743 bits per heavy atom. The molecule has 4 saturated carbocycles. The molecular weight excluding hydrogens is 909 g/mol. The molecule has 17 heteroatoms. The molecule has 4 N–H and O–H groups in total. The van der Waals surface area contributed by atoms with Gasteiger partial charge in [0, 0.05) is 58.5 Å². The number of hydrogen-bond acceptors (Lipinski definition) is 17. The second-order valence-electron chi connectivity index (χ2n) is 21.9. The van der Waals surface area contributed by atoms with E-state index in [4.69, 9.17) is 52.1 Å². The first-order chi connectivity index (χ1) is 33.3. The highest BCUT2D eigenvalue weighted by molar-refractivity contribution is 5.87. The molecule has 70 heavy (non-hydrogen) atoms. The monoisotopic (exact) mass is 989 g/mol. The third-order valence-electron chi connectivity index (χ3n) is 18.1. The molecule has 24 atom stereocenters. The molecule has 7 fully saturated rings. The molecule has 17 nitrogen and oxygen atoms in total. The van der Waals surface area contributed by atoms with Crippen LogP contribution in [0.1, 0.15) is 112 Å². The van der Waals surface area contributed by atoms with Gasteiger partial charge in [-0.15, -0.1) is 0 Å². The van der Waals surface area contributed by atoms with E-state index in [1.807, 2.05) is 51.1 Å². The number of methoxy groups -OCH3 is 3. The average Bonchev–Trinajstić information content (AvgIpc) is 3.61. The molecule has 3 saturated heterocycles. The fourth-order valence-corrected chi connectivity index (χ4v) is 14.5. The van der Waals surface area contributed by atoms with Crippen molar-refractivity contribution in [3.63, 3.8) is 0 Å². The van der Waals surface area contributed by atoms with Crippen LogP contribution in [0.5, 0.6) is 0 Å². The largest absolute Gasteiger partial charge is 0.458 e. The molecule has 8 rings (SSSR count). The number of carbonyl (C=O) groups excluding carboxylic acids is 2. The second kappa shape index (κ2) is 21.7. The van der Waals surface area contributed by atoms with Gasteiger partial charge < -0.3 is 72.5 Å².